The molecule has 0 heterocycles. The molecule has 0 bridgehead atoms. The molecule has 190 valence electrons. The summed E-state index contributed by atoms with van der Waals surface area (Å²) in [6, 6.07) is 16.5. The molecule has 2 rings (SSSR count). The molecule has 0 radical (unpaired) electrons. The minimum atomic E-state index is -1.08. The topological polar surface area (TPSA) is 100 Å². The van der Waals surface area contributed by atoms with Crippen molar-refractivity contribution in [3.8, 4) is 5.75 Å². The van der Waals surface area contributed by atoms with E-state index in [2.05, 4.69) is 5.48 Å². The number of benzene rings is 2. The summed E-state index contributed by atoms with van der Waals surface area (Å²) in [5.74, 6) is -1.90. The monoisotopic (exact) mass is 485 g/mol. The van der Waals surface area contributed by atoms with Gasteiger partial charge in [-0.1, -0.05) is 42.5 Å². The zero-order valence-electron chi connectivity index (χ0n) is 20.9. The minimum Gasteiger partial charge on any atom is -0.494 e. The Labute approximate surface area is 206 Å². The van der Waals surface area contributed by atoms with Crippen LogP contribution in [0, 0.1) is 5.92 Å². The molecule has 35 heavy (non-hydrogen) atoms. The van der Waals surface area contributed by atoms with Crippen LogP contribution < -0.4 is 10.2 Å². The van der Waals surface area contributed by atoms with Crippen LogP contribution >= 0.6 is 0 Å². The number of hydrogen-bond donors (Lipinski definition) is 1. The maximum atomic E-state index is 12.8. The van der Waals surface area contributed by atoms with E-state index in [4.69, 9.17) is 19.0 Å². The first kappa shape index (κ1) is 27.9. The number of esters is 2. The van der Waals surface area contributed by atoms with Gasteiger partial charge < -0.3 is 14.2 Å². The van der Waals surface area contributed by atoms with Gasteiger partial charge in [-0.15, -0.1) is 0 Å². The summed E-state index contributed by atoms with van der Waals surface area (Å²) < 4.78 is 16.0. The summed E-state index contributed by atoms with van der Waals surface area (Å²) in [5, 5.41) is 0. The van der Waals surface area contributed by atoms with E-state index in [0.29, 0.717) is 31.8 Å². The second-order valence-corrected chi connectivity index (χ2v) is 8.93. The van der Waals surface area contributed by atoms with Gasteiger partial charge in [0.1, 0.15) is 17.3 Å². The van der Waals surface area contributed by atoms with Crippen molar-refractivity contribution in [1.82, 2.24) is 5.48 Å². The Morgan fingerprint density at radius 3 is 2.26 bits per heavy atom. The zero-order chi connectivity index (χ0) is 25.7. The Morgan fingerprint density at radius 2 is 1.63 bits per heavy atom. The van der Waals surface area contributed by atoms with Crippen molar-refractivity contribution < 1.29 is 33.4 Å². The molecule has 0 aliphatic carbocycles. The van der Waals surface area contributed by atoms with Crippen molar-refractivity contribution in [1.29, 1.82) is 0 Å². The summed E-state index contributed by atoms with van der Waals surface area (Å²) in [6.45, 7) is 7.93. The van der Waals surface area contributed by atoms with Gasteiger partial charge in [-0.2, -0.15) is 0 Å². The largest absolute Gasteiger partial charge is 0.494 e. The predicted octanol–water partition coefficient (Wildman–Crippen LogP) is 4.16. The lowest BCUT2D eigenvalue weighted by atomic mass is 9.98. The number of carbonyl (C=O) groups is 3. The van der Waals surface area contributed by atoms with Crippen molar-refractivity contribution in [3.63, 3.8) is 0 Å². The molecule has 8 heteroatoms. The quantitative estimate of drug-likeness (QED) is 0.197. The Bertz CT molecular complexity index is 936. The van der Waals surface area contributed by atoms with Crippen molar-refractivity contribution in [2.75, 3.05) is 13.2 Å². The van der Waals surface area contributed by atoms with Crippen LogP contribution in [0.4, 0.5) is 0 Å². The Kier molecular flexibility index (Phi) is 11.2. The third-order valence-corrected chi connectivity index (χ3v) is 4.72. The van der Waals surface area contributed by atoms with E-state index in [1.807, 2.05) is 30.3 Å². The van der Waals surface area contributed by atoms with Gasteiger partial charge in [0, 0.05) is 6.42 Å². The van der Waals surface area contributed by atoms with Crippen LogP contribution in [0.1, 0.15) is 51.7 Å². The lowest BCUT2D eigenvalue weighted by Gasteiger charge is -2.23. The van der Waals surface area contributed by atoms with Crippen LogP contribution in [0.2, 0.25) is 0 Å². The molecule has 0 spiro atoms. The highest BCUT2D eigenvalue weighted by Gasteiger charge is 2.32. The lowest BCUT2D eigenvalue weighted by molar-refractivity contribution is -0.165. The molecule has 0 saturated heterocycles. The number of hydrogen-bond acceptors (Lipinski definition) is 7. The van der Waals surface area contributed by atoms with Crippen molar-refractivity contribution >= 4 is 17.8 Å². The molecule has 1 atom stereocenters. The van der Waals surface area contributed by atoms with Crippen LogP contribution in [0.25, 0.3) is 0 Å². The van der Waals surface area contributed by atoms with E-state index in [-0.39, 0.29) is 19.0 Å². The van der Waals surface area contributed by atoms with E-state index < -0.39 is 23.4 Å². The third kappa shape index (κ3) is 11.1. The van der Waals surface area contributed by atoms with Gasteiger partial charge in [-0.25, -0.2) is 5.48 Å². The average molecular weight is 486 g/mol. The molecule has 1 N–H and O–H groups in total. The normalized spacial score (nSPS) is 11.9. The van der Waals surface area contributed by atoms with Crippen molar-refractivity contribution in [3.05, 3.63) is 65.7 Å². The highest BCUT2D eigenvalue weighted by molar-refractivity contribution is 5.97. The molecule has 2 aromatic carbocycles. The highest BCUT2D eigenvalue weighted by Crippen LogP contribution is 2.19. The van der Waals surface area contributed by atoms with Crippen molar-refractivity contribution in [2.45, 2.75) is 59.2 Å². The average Bonchev–Trinajstić information content (AvgIpc) is 2.81. The summed E-state index contributed by atoms with van der Waals surface area (Å²) in [6.07, 6.45) is 0.980. The SMILES string of the molecule is CCOC(=O)CCCOc1ccc(C[C@@H](C(=O)NOCc2ccccc2)C(=O)OC(C)(C)C)cc1. The molecular weight excluding hydrogens is 450 g/mol. The van der Waals surface area contributed by atoms with E-state index in [0.717, 1.165) is 11.1 Å². The van der Waals surface area contributed by atoms with Gasteiger partial charge in [0.25, 0.3) is 5.91 Å². The Balaban J connectivity index is 1.94. The number of carbonyl (C=O) groups excluding carboxylic acids is 3. The highest BCUT2D eigenvalue weighted by atomic mass is 16.7. The molecule has 0 aliphatic heterocycles. The summed E-state index contributed by atoms with van der Waals surface area (Å²) in [5.41, 5.74) is 3.30. The smallest absolute Gasteiger partial charge is 0.319 e. The first-order valence-electron chi connectivity index (χ1n) is 11.7. The summed E-state index contributed by atoms with van der Waals surface area (Å²) in [7, 11) is 0. The van der Waals surface area contributed by atoms with Gasteiger partial charge in [-0.05, 0) is 63.8 Å². The van der Waals surface area contributed by atoms with Gasteiger partial charge in [0.05, 0.1) is 19.8 Å². The molecule has 1 amide bonds. The van der Waals surface area contributed by atoms with Crippen LogP contribution in [-0.2, 0) is 41.7 Å². The second-order valence-electron chi connectivity index (χ2n) is 8.93. The van der Waals surface area contributed by atoms with E-state index in [1.165, 1.54) is 0 Å². The van der Waals surface area contributed by atoms with Crippen molar-refractivity contribution in [2.24, 2.45) is 5.92 Å². The second kappa shape index (κ2) is 14.1. The number of nitrogens with one attached hydrogen (secondary N) is 1. The standard InChI is InChI=1S/C27H35NO7/c1-5-32-24(29)12-9-17-33-22-15-13-20(14-16-22)18-23(26(31)35-27(2,3)4)25(30)28-34-19-21-10-7-6-8-11-21/h6-8,10-11,13-16,23H,5,9,12,17-19H2,1-4H3,(H,28,30)/t23-/m0/s1. The zero-order valence-corrected chi connectivity index (χ0v) is 20.9. The fourth-order valence-electron chi connectivity index (χ4n) is 3.09. The fourth-order valence-corrected chi connectivity index (χ4v) is 3.09. The van der Waals surface area contributed by atoms with E-state index in [1.54, 1.807) is 52.0 Å². The Morgan fingerprint density at radius 1 is 0.943 bits per heavy atom. The van der Waals surface area contributed by atoms with Gasteiger partial charge in [0.2, 0.25) is 0 Å². The minimum absolute atomic E-state index is 0.137. The number of hydroxylamine groups is 1. The van der Waals surface area contributed by atoms with Crippen LogP contribution in [0.5, 0.6) is 5.75 Å². The number of amides is 1. The van der Waals surface area contributed by atoms with Crippen LogP contribution in [-0.4, -0.2) is 36.7 Å². The predicted molar refractivity (Wildman–Crippen MR) is 130 cm³/mol. The van der Waals surface area contributed by atoms with E-state index >= 15 is 0 Å². The van der Waals surface area contributed by atoms with Gasteiger partial charge in [-0.3, -0.25) is 19.2 Å². The molecule has 0 aromatic heterocycles. The number of rotatable bonds is 13. The molecule has 0 saturated carbocycles. The maximum Gasteiger partial charge on any atom is 0.319 e. The lowest BCUT2D eigenvalue weighted by Crippen LogP contribution is -2.40. The molecule has 8 nitrogen and oxygen atoms in total. The third-order valence-electron chi connectivity index (χ3n) is 4.72. The van der Waals surface area contributed by atoms with Crippen LogP contribution in [0.3, 0.4) is 0 Å². The molecule has 0 unspecified atom stereocenters. The molecule has 0 fully saturated rings. The van der Waals surface area contributed by atoms with Gasteiger partial charge in [0.15, 0.2) is 0 Å². The summed E-state index contributed by atoms with van der Waals surface area (Å²) >= 11 is 0. The first-order valence-corrected chi connectivity index (χ1v) is 11.7. The Hall–Kier alpha value is -3.39. The molecular formula is C27H35NO7. The fraction of sp³-hybridized carbons (Fsp3) is 0.444. The molecule has 2 aromatic rings. The maximum absolute atomic E-state index is 12.8. The van der Waals surface area contributed by atoms with Crippen LogP contribution in [0.15, 0.2) is 54.6 Å². The first-order chi connectivity index (χ1) is 16.7. The molecule has 0 aliphatic rings. The van der Waals surface area contributed by atoms with Gasteiger partial charge >= 0.3 is 11.9 Å². The number of ether oxygens (including phenoxy) is 3. The summed E-state index contributed by atoms with van der Waals surface area (Å²) in [4.78, 5) is 42.3. The van der Waals surface area contributed by atoms with E-state index in [9.17, 15) is 14.4 Å².